The molecule has 0 aromatic carbocycles. The van der Waals surface area contributed by atoms with Gasteiger partial charge < -0.3 is 4.74 Å². The van der Waals surface area contributed by atoms with Crippen molar-refractivity contribution in [1.29, 1.82) is 0 Å². The van der Waals surface area contributed by atoms with E-state index in [2.05, 4.69) is 13.5 Å². The first-order valence-electron chi connectivity index (χ1n) is 2.68. The lowest BCUT2D eigenvalue weighted by Gasteiger charge is -1.93. The maximum atomic E-state index is 5.16. The van der Waals surface area contributed by atoms with E-state index in [0.717, 1.165) is 6.42 Å². The second-order valence-electron chi connectivity index (χ2n) is 2.27. The van der Waals surface area contributed by atoms with Gasteiger partial charge in [0.15, 0.2) is 0 Å². The standard InChI is InChI=1S/C6H8O/c1-3-6-4(2)5(6)7-6/h5H,2-3H2,1H3. The molecule has 2 fully saturated rings. The molecule has 1 aliphatic carbocycles. The van der Waals surface area contributed by atoms with Gasteiger partial charge in [-0.15, -0.1) is 0 Å². The molecular formula is C6H8O. The van der Waals surface area contributed by atoms with E-state index in [4.69, 9.17) is 4.74 Å². The highest BCUT2D eigenvalue weighted by atomic mass is 16.6. The van der Waals surface area contributed by atoms with Crippen molar-refractivity contribution < 1.29 is 4.74 Å². The molecule has 1 saturated heterocycles. The largest absolute Gasteiger partial charge is 0.356 e. The smallest absolute Gasteiger partial charge is 0.122 e. The highest BCUT2D eigenvalue weighted by Gasteiger charge is 2.76. The Morgan fingerprint density at radius 1 is 2.00 bits per heavy atom. The fourth-order valence-electron chi connectivity index (χ4n) is 1.15. The normalized spacial score (nSPS) is 53.9. The summed E-state index contributed by atoms with van der Waals surface area (Å²) in [5, 5.41) is 0. The van der Waals surface area contributed by atoms with Gasteiger partial charge in [0.1, 0.15) is 11.7 Å². The highest BCUT2D eigenvalue weighted by Crippen LogP contribution is 2.65. The zero-order valence-corrected chi connectivity index (χ0v) is 4.40. The van der Waals surface area contributed by atoms with E-state index in [9.17, 15) is 0 Å². The van der Waals surface area contributed by atoms with Crippen LogP contribution in [0, 0.1) is 0 Å². The first-order chi connectivity index (χ1) is 3.31. The van der Waals surface area contributed by atoms with Gasteiger partial charge in [-0.3, -0.25) is 0 Å². The van der Waals surface area contributed by atoms with Crippen molar-refractivity contribution >= 4 is 0 Å². The van der Waals surface area contributed by atoms with Crippen LogP contribution in [0.15, 0.2) is 12.2 Å². The summed E-state index contributed by atoms with van der Waals surface area (Å²) >= 11 is 0. The molecule has 7 heavy (non-hydrogen) atoms. The fraction of sp³-hybridized carbons (Fsp3) is 0.667. The van der Waals surface area contributed by atoms with Crippen molar-refractivity contribution in [2.24, 2.45) is 0 Å². The molecule has 2 atom stereocenters. The zero-order valence-electron chi connectivity index (χ0n) is 4.40. The summed E-state index contributed by atoms with van der Waals surface area (Å²) in [6.07, 6.45) is 1.61. The Bertz CT molecular complexity index is 139. The summed E-state index contributed by atoms with van der Waals surface area (Å²) in [7, 11) is 0. The average Bonchev–Trinajstić information content (AvgIpc) is 2.49. The molecule has 1 heterocycles. The van der Waals surface area contributed by atoms with Gasteiger partial charge in [0.05, 0.1) is 0 Å². The third-order valence-electron chi connectivity index (χ3n) is 2.00. The number of hydrogen-bond donors (Lipinski definition) is 0. The molecule has 1 nitrogen and oxygen atoms in total. The third-order valence-corrected chi connectivity index (χ3v) is 2.00. The van der Waals surface area contributed by atoms with Gasteiger partial charge in [-0.1, -0.05) is 13.5 Å². The van der Waals surface area contributed by atoms with E-state index < -0.39 is 0 Å². The molecule has 1 aliphatic heterocycles. The van der Waals surface area contributed by atoms with Crippen molar-refractivity contribution in [2.45, 2.75) is 25.0 Å². The lowest BCUT2D eigenvalue weighted by Crippen LogP contribution is -1.93. The lowest BCUT2D eigenvalue weighted by atomic mass is 10.3. The lowest BCUT2D eigenvalue weighted by molar-refractivity contribution is 0.273. The molecule has 0 N–H and O–H groups in total. The van der Waals surface area contributed by atoms with Crippen molar-refractivity contribution in [2.75, 3.05) is 0 Å². The number of epoxide rings is 1. The van der Waals surface area contributed by atoms with Crippen LogP contribution in [-0.4, -0.2) is 11.7 Å². The predicted molar refractivity (Wildman–Crippen MR) is 27.0 cm³/mol. The second kappa shape index (κ2) is 0.671. The minimum absolute atomic E-state index is 0.222. The maximum Gasteiger partial charge on any atom is 0.122 e. The maximum absolute atomic E-state index is 5.16. The van der Waals surface area contributed by atoms with Crippen molar-refractivity contribution in [3.63, 3.8) is 0 Å². The van der Waals surface area contributed by atoms with E-state index in [0.29, 0.717) is 6.10 Å². The Labute approximate surface area is 43.0 Å². The summed E-state index contributed by atoms with van der Waals surface area (Å²) in [5.41, 5.74) is 1.54. The molecule has 2 rings (SSSR count). The van der Waals surface area contributed by atoms with Gasteiger partial charge in [-0.25, -0.2) is 0 Å². The summed E-state index contributed by atoms with van der Waals surface area (Å²) in [6, 6.07) is 0. The number of ether oxygens (including phenoxy) is 1. The minimum Gasteiger partial charge on any atom is -0.356 e. The van der Waals surface area contributed by atoms with E-state index in [-0.39, 0.29) is 5.60 Å². The van der Waals surface area contributed by atoms with Crippen LogP contribution >= 0.6 is 0 Å². The molecule has 0 radical (unpaired) electrons. The van der Waals surface area contributed by atoms with Crippen LogP contribution in [0.2, 0.25) is 0 Å². The Morgan fingerprint density at radius 3 is 2.57 bits per heavy atom. The average molecular weight is 96.1 g/mol. The van der Waals surface area contributed by atoms with Crippen molar-refractivity contribution in [3.05, 3.63) is 12.2 Å². The van der Waals surface area contributed by atoms with Gasteiger partial charge in [0.2, 0.25) is 0 Å². The summed E-state index contributed by atoms with van der Waals surface area (Å²) in [6.45, 7) is 5.95. The SMILES string of the molecule is C=C1C2OC12CC. The second-order valence-corrected chi connectivity index (χ2v) is 2.27. The molecule has 2 aliphatic rings. The van der Waals surface area contributed by atoms with E-state index in [1.54, 1.807) is 0 Å². The quantitative estimate of drug-likeness (QED) is 0.352. The minimum atomic E-state index is 0.222. The molecule has 0 amide bonds. The van der Waals surface area contributed by atoms with Crippen LogP contribution in [0.4, 0.5) is 0 Å². The van der Waals surface area contributed by atoms with Crippen LogP contribution in [-0.2, 0) is 4.74 Å². The van der Waals surface area contributed by atoms with Crippen molar-refractivity contribution in [1.82, 2.24) is 0 Å². The summed E-state index contributed by atoms with van der Waals surface area (Å²) < 4.78 is 5.16. The van der Waals surface area contributed by atoms with Crippen molar-refractivity contribution in [3.8, 4) is 0 Å². The molecule has 0 spiro atoms. The third kappa shape index (κ3) is 0.201. The van der Waals surface area contributed by atoms with Crippen LogP contribution < -0.4 is 0 Å². The molecule has 1 heteroatoms. The molecule has 0 aromatic heterocycles. The summed E-state index contributed by atoms with van der Waals surface area (Å²) in [5.74, 6) is 0. The Hall–Kier alpha value is -0.300. The molecule has 38 valence electrons. The number of rotatable bonds is 1. The predicted octanol–water partition coefficient (Wildman–Crippen LogP) is 1.10. The van der Waals surface area contributed by atoms with E-state index >= 15 is 0 Å². The number of hydrogen-bond acceptors (Lipinski definition) is 1. The topological polar surface area (TPSA) is 12.5 Å². The molecule has 1 saturated carbocycles. The molecule has 0 bridgehead atoms. The summed E-state index contributed by atoms with van der Waals surface area (Å²) in [4.78, 5) is 0. The monoisotopic (exact) mass is 96.1 g/mol. The molecular weight excluding hydrogens is 88.1 g/mol. The van der Waals surface area contributed by atoms with Gasteiger partial charge >= 0.3 is 0 Å². The Morgan fingerprint density at radius 2 is 2.57 bits per heavy atom. The van der Waals surface area contributed by atoms with E-state index in [1.165, 1.54) is 5.57 Å². The van der Waals surface area contributed by atoms with Gasteiger partial charge in [-0.05, 0) is 12.0 Å². The van der Waals surface area contributed by atoms with Crippen LogP contribution in [0.25, 0.3) is 0 Å². The Balaban J connectivity index is 2.21. The molecule has 0 aromatic rings. The Kier molecular flexibility index (Phi) is 0.352. The zero-order chi connectivity index (χ0) is 5.07. The number of fused-ring (bicyclic) bond motifs is 1. The van der Waals surface area contributed by atoms with Gasteiger partial charge in [0.25, 0.3) is 0 Å². The van der Waals surface area contributed by atoms with Crippen LogP contribution in [0.5, 0.6) is 0 Å². The first kappa shape index (κ1) is 3.67. The van der Waals surface area contributed by atoms with Crippen LogP contribution in [0.3, 0.4) is 0 Å². The van der Waals surface area contributed by atoms with E-state index in [1.807, 2.05) is 0 Å². The van der Waals surface area contributed by atoms with Gasteiger partial charge in [0, 0.05) is 0 Å². The van der Waals surface area contributed by atoms with Gasteiger partial charge in [-0.2, -0.15) is 0 Å². The highest BCUT2D eigenvalue weighted by molar-refractivity contribution is 5.52. The molecule has 2 unspecified atom stereocenters. The fourth-order valence-corrected chi connectivity index (χ4v) is 1.15. The van der Waals surface area contributed by atoms with Crippen LogP contribution in [0.1, 0.15) is 13.3 Å². The first-order valence-corrected chi connectivity index (χ1v) is 2.68.